The molecule has 3 rings (SSSR count). The Bertz CT molecular complexity index is 804. The van der Waals surface area contributed by atoms with E-state index in [4.69, 9.17) is 0 Å². The molecule has 2 heterocycles. The van der Waals surface area contributed by atoms with Gasteiger partial charge in [0.05, 0.1) is 10.9 Å². The van der Waals surface area contributed by atoms with Crippen LogP contribution >= 0.6 is 0 Å². The monoisotopic (exact) mass is 235 g/mol. The SMILES string of the molecule is Cn1[nH]c(=O)c2cnc3c(F)cc(F)cc3c21. The summed E-state index contributed by atoms with van der Waals surface area (Å²) in [6.45, 7) is 0. The van der Waals surface area contributed by atoms with Crippen LogP contribution in [0, 0.1) is 11.6 Å². The first-order valence-corrected chi connectivity index (χ1v) is 4.90. The highest BCUT2D eigenvalue weighted by atomic mass is 19.1. The van der Waals surface area contributed by atoms with Gasteiger partial charge in [-0.1, -0.05) is 0 Å². The third-order valence-electron chi connectivity index (χ3n) is 2.71. The van der Waals surface area contributed by atoms with Crippen LogP contribution in [0.15, 0.2) is 23.1 Å². The lowest BCUT2D eigenvalue weighted by Crippen LogP contribution is -2.01. The number of aromatic amines is 1. The van der Waals surface area contributed by atoms with Crippen molar-refractivity contribution in [2.24, 2.45) is 7.05 Å². The summed E-state index contributed by atoms with van der Waals surface area (Å²) in [5.41, 5.74) is 0.161. The molecule has 4 nitrogen and oxygen atoms in total. The van der Waals surface area contributed by atoms with Crippen LogP contribution in [-0.2, 0) is 7.05 Å². The first-order valence-electron chi connectivity index (χ1n) is 4.90. The highest BCUT2D eigenvalue weighted by molar-refractivity contribution is 6.03. The van der Waals surface area contributed by atoms with Crippen molar-refractivity contribution in [2.45, 2.75) is 0 Å². The first kappa shape index (κ1) is 9.95. The van der Waals surface area contributed by atoms with Crippen molar-refractivity contribution >= 4 is 21.8 Å². The minimum absolute atomic E-state index is 0.0495. The van der Waals surface area contributed by atoms with E-state index in [0.717, 1.165) is 6.07 Å². The highest BCUT2D eigenvalue weighted by Gasteiger charge is 2.13. The van der Waals surface area contributed by atoms with Crippen molar-refractivity contribution in [2.75, 3.05) is 0 Å². The molecule has 3 aromatic rings. The molecule has 0 atom stereocenters. The lowest BCUT2D eigenvalue weighted by atomic mass is 10.1. The number of rotatable bonds is 0. The van der Waals surface area contributed by atoms with E-state index in [-0.39, 0.29) is 16.5 Å². The van der Waals surface area contributed by atoms with Gasteiger partial charge in [0, 0.05) is 24.7 Å². The Morgan fingerprint density at radius 1 is 1.29 bits per heavy atom. The summed E-state index contributed by atoms with van der Waals surface area (Å²) in [6.07, 6.45) is 1.29. The van der Waals surface area contributed by atoms with Crippen LogP contribution < -0.4 is 5.56 Å². The molecule has 1 aromatic carbocycles. The number of hydrogen-bond donors (Lipinski definition) is 1. The number of nitrogens with one attached hydrogen (secondary N) is 1. The summed E-state index contributed by atoms with van der Waals surface area (Å²) in [6, 6.07) is 1.94. The Morgan fingerprint density at radius 3 is 2.82 bits per heavy atom. The Balaban J connectivity index is 2.68. The zero-order valence-corrected chi connectivity index (χ0v) is 8.79. The van der Waals surface area contributed by atoms with Gasteiger partial charge in [0.15, 0.2) is 5.82 Å². The fourth-order valence-electron chi connectivity index (χ4n) is 2.01. The Morgan fingerprint density at radius 2 is 2.06 bits per heavy atom. The van der Waals surface area contributed by atoms with Gasteiger partial charge in [0.2, 0.25) is 0 Å². The molecule has 2 aromatic heterocycles. The molecule has 0 unspecified atom stereocenters. The Hall–Kier alpha value is -2.24. The van der Waals surface area contributed by atoms with Gasteiger partial charge in [-0.3, -0.25) is 19.6 Å². The quantitative estimate of drug-likeness (QED) is 0.644. The molecular formula is C11H7F2N3O. The third-order valence-corrected chi connectivity index (χ3v) is 2.71. The number of hydrogen-bond acceptors (Lipinski definition) is 2. The van der Waals surface area contributed by atoms with Crippen LogP contribution in [0.5, 0.6) is 0 Å². The van der Waals surface area contributed by atoms with Gasteiger partial charge in [0.1, 0.15) is 11.3 Å². The molecule has 1 N–H and O–H groups in total. The summed E-state index contributed by atoms with van der Waals surface area (Å²) in [5.74, 6) is -1.44. The van der Waals surface area contributed by atoms with E-state index >= 15 is 0 Å². The number of pyridine rings is 1. The van der Waals surface area contributed by atoms with Crippen molar-refractivity contribution in [3.63, 3.8) is 0 Å². The number of aromatic nitrogens is 3. The van der Waals surface area contributed by atoms with Crippen LogP contribution in [0.2, 0.25) is 0 Å². The van der Waals surface area contributed by atoms with Gasteiger partial charge in [-0.25, -0.2) is 8.78 Å². The maximum absolute atomic E-state index is 13.5. The molecule has 0 amide bonds. The number of nitrogens with zero attached hydrogens (tertiary/aromatic N) is 2. The van der Waals surface area contributed by atoms with Gasteiger partial charge >= 0.3 is 0 Å². The lowest BCUT2D eigenvalue weighted by molar-refractivity contribution is 0.590. The molecule has 0 fully saturated rings. The summed E-state index contributed by atoms with van der Waals surface area (Å²) < 4.78 is 28.1. The second-order valence-electron chi connectivity index (χ2n) is 3.80. The fourth-order valence-corrected chi connectivity index (χ4v) is 2.01. The van der Waals surface area contributed by atoms with Gasteiger partial charge in [0.25, 0.3) is 5.56 Å². The van der Waals surface area contributed by atoms with Crippen molar-refractivity contribution in [1.29, 1.82) is 0 Å². The van der Waals surface area contributed by atoms with Crippen LogP contribution in [-0.4, -0.2) is 14.8 Å². The Labute approximate surface area is 93.5 Å². The molecule has 0 radical (unpaired) electrons. The van der Waals surface area contributed by atoms with Gasteiger partial charge < -0.3 is 0 Å². The fraction of sp³-hybridized carbons (Fsp3) is 0.0909. The summed E-state index contributed by atoms with van der Waals surface area (Å²) in [5, 5.41) is 3.11. The second-order valence-corrected chi connectivity index (χ2v) is 3.80. The smallest absolute Gasteiger partial charge is 0.273 e. The molecule has 86 valence electrons. The molecule has 0 spiro atoms. The Kier molecular flexibility index (Phi) is 1.83. The summed E-state index contributed by atoms with van der Waals surface area (Å²) >= 11 is 0. The number of H-pyrrole nitrogens is 1. The molecule has 0 aliphatic heterocycles. The van der Waals surface area contributed by atoms with Crippen LogP contribution in [0.1, 0.15) is 0 Å². The maximum Gasteiger partial charge on any atom is 0.273 e. The minimum Gasteiger partial charge on any atom is -0.287 e. The van der Waals surface area contributed by atoms with E-state index in [2.05, 4.69) is 10.1 Å². The van der Waals surface area contributed by atoms with Crippen LogP contribution in [0.4, 0.5) is 8.78 Å². The average molecular weight is 235 g/mol. The minimum atomic E-state index is -0.740. The van der Waals surface area contributed by atoms with Crippen molar-refractivity contribution in [1.82, 2.24) is 14.8 Å². The topological polar surface area (TPSA) is 50.7 Å². The van der Waals surface area contributed by atoms with Crippen molar-refractivity contribution < 1.29 is 8.78 Å². The normalized spacial score (nSPS) is 11.5. The number of fused-ring (bicyclic) bond motifs is 3. The predicted octanol–water partition coefficient (Wildman–Crippen LogP) is 1.69. The largest absolute Gasteiger partial charge is 0.287 e. The molecule has 0 bridgehead atoms. The predicted molar refractivity (Wildman–Crippen MR) is 58.8 cm³/mol. The van der Waals surface area contributed by atoms with E-state index < -0.39 is 11.6 Å². The molecule has 0 aliphatic carbocycles. The number of halogens is 2. The van der Waals surface area contributed by atoms with E-state index in [0.29, 0.717) is 10.9 Å². The zero-order valence-electron chi connectivity index (χ0n) is 8.79. The van der Waals surface area contributed by atoms with Gasteiger partial charge in [-0.15, -0.1) is 0 Å². The summed E-state index contributed by atoms with van der Waals surface area (Å²) in [4.78, 5) is 15.4. The number of aryl methyl sites for hydroxylation is 1. The van der Waals surface area contributed by atoms with E-state index in [1.54, 1.807) is 7.05 Å². The molecule has 0 saturated heterocycles. The molecular weight excluding hydrogens is 228 g/mol. The first-order chi connectivity index (χ1) is 8.08. The van der Waals surface area contributed by atoms with E-state index in [1.807, 2.05) is 0 Å². The van der Waals surface area contributed by atoms with Gasteiger partial charge in [-0.2, -0.15) is 0 Å². The van der Waals surface area contributed by atoms with Crippen molar-refractivity contribution in [3.05, 3.63) is 40.3 Å². The van der Waals surface area contributed by atoms with Crippen LogP contribution in [0.3, 0.4) is 0 Å². The standard InChI is InChI=1S/C11H7F2N3O/c1-16-10-6-2-5(12)3-8(13)9(6)14-4-7(10)11(17)15-16/h2-4H,1H3,(H,15,17). The highest BCUT2D eigenvalue weighted by Crippen LogP contribution is 2.23. The third kappa shape index (κ3) is 1.27. The van der Waals surface area contributed by atoms with Gasteiger partial charge in [-0.05, 0) is 6.07 Å². The molecule has 6 heteroatoms. The second kappa shape index (κ2) is 3.13. The average Bonchev–Trinajstić information content (AvgIpc) is 2.54. The van der Waals surface area contributed by atoms with Crippen LogP contribution in [0.25, 0.3) is 21.8 Å². The van der Waals surface area contributed by atoms with E-state index in [9.17, 15) is 13.6 Å². The molecule has 0 saturated carbocycles. The van der Waals surface area contributed by atoms with E-state index in [1.165, 1.54) is 16.9 Å². The van der Waals surface area contributed by atoms with Crippen molar-refractivity contribution in [3.8, 4) is 0 Å². The summed E-state index contributed by atoms with van der Waals surface area (Å²) in [7, 11) is 1.60. The zero-order chi connectivity index (χ0) is 12.2. The molecule has 0 aliphatic rings. The molecule has 17 heavy (non-hydrogen) atoms. The lowest BCUT2D eigenvalue weighted by Gasteiger charge is -2.02. The maximum atomic E-state index is 13.5. The number of benzene rings is 1.